The number of hydrogen-bond acceptors (Lipinski definition) is 2. The third-order valence-corrected chi connectivity index (χ3v) is 4.65. The number of nitrogens with two attached hydrogens (primary N) is 1. The normalized spacial score (nSPS) is 18.5. The van der Waals surface area contributed by atoms with Crippen molar-refractivity contribution in [1.82, 2.24) is 5.32 Å². The van der Waals surface area contributed by atoms with Crippen molar-refractivity contribution in [2.45, 2.75) is 71.8 Å². The van der Waals surface area contributed by atoms with E-state index < -0.39 is 0 Å². The highest BCUT2D eigenvalue weighted by Gasteiger charge is 2.36. The second kappa shape index (κ2) is 11.5. The van der Waals surface area contributed by atoms with Crippen LogP contribution in [0.1, 0.15) is 65.7 Å². The minimum absolute atomic E-state index is 0. The molecule has 0 saturated heterocycles. The number of hydrogen-bond donors (Lipinski definition) is 2. The van der Waals surface area contributed by atoms with Gasteiger partial charge in [-0.1, -0.05) is 33.1 Å². The Morgan fingerprint density at radius 3 is 2.45 bits per heavy atom. The summed E-state index contributed by atoms with van der Waals surface area (Å²) in [7, 11) is 1.77. The van der Waals surface area contributed by atoms with Gasteiger partial charge in [0.2, 0.25) is 0 Å². The molecule has 1 unspecified atom stereocenters. The quantitative estimate of drug-likeness (QED) is 0.317. The van der Waals surface area contributed by atoms with Crippen LogP contribution in [0.15, 0.2) is 4.99 Å². The smallest absolute Gasteiger partial charge is 0.188 e. The van der Waals surface area contributed by atoms with E-state index in [9.17, 15) is 0 Å². The van der Waals surface area contributed by atoms with Crippen molar-refractivity contribution >= 4 is 29.9 Å². The Hall–Kier alpha value is -0.0400. The van der Waals surface area contributed by atoms with Gasteiger partial charge >= 0.3 is 0 Å². The first kappa shape index (κ1) is 22.0. The number of nitrogens with zero attached hydrogens (tertiary/aromatic N) is 1. The van der Waals surface area contributed by atoms with Gasteiger partial charge in [-0.3, -0.25) is 4.99 Å². The molecular weight excluding hydrogens is 389 g/mol. The van der Waals surface area contributed by atoms with Crippen molar-refractivity contribution in [3.8, 4) is 0 Å². The maximum atomic E-state index is 6.03. The topological polar surface area (TPSA) is 59.6 Å². The average molecular weight is 425 g/mol. The van der Waals surface area contributed by atoms with Crippen LogP contribution in [-0.2, 0) is 4.74 Å². The largest absolute Gasteiger partial charge is 0.385 e. The summed E-state index contributed by atoms with van der Waals surface area (Å²) in [6.07, 6.45) is 8.62. The minimum atomic E-state index is 0. The van der Waals surface area contributed by atoms with Crippen LogP contribution in [-0.4, -0.2) is 32.3 Å². The first-order valence-electron chi connectivity index (χ1n) is 8.53. The molecule has 1 fully saturated rings. The number of ether oxygens (including phenoxy) is 1. The molecule has 4 nitrogen and oxygen atoms in total. The van der Waals surface area contributed by atoms with Crippen LogP contribution >= 0.6 is 24.0 Å². The Kier molecular flexibility index (Phi) is 11.5. The summed E-state index contributed by atoms with van der Waals surface area (Å²) < 4.78 is 5.21. The average Bonchev–Trinajstić information content (AvgIpc) is 2.36. The minimum Gasteiger partial charge on any atom is -0.385 e. The Morgan fingerprint density at radius 2 is 1.95 bits per heavy atom. The Bertz CT molecular complexity index is 317. The van der Waals surface area contributed by atoms with Crippen molar-refractivity contribution in [3.05, 3.63) is 0 Å². The van der Waals surface area contributed by atoms with Gasteiger partial charge in [-0.25, -0.2) is 0 Å². The van der Waals surface area contributed by atoms with E-state index in [1.165, 1.54) is 32.1 Å². The molecule has 3 N–H and O–H groups in total. The zero-order chi connectivity index (χ0) is 15.7. The molecular formula is C17H36IN3O. The van der Waals surface area contributed by atoms with Gasteiger partial charge < -0.3 is 15.8 Å². The molecule has 1 rings (SSSR count). The fourth-order valence-electron chi connectivity index (χ4n) is 2.94. The van der Waals surface area contributed by atoms with Gasteiger partial charge in [-0.2, -0.15) is 0 Å². The number of methoxy groups -OCH3 is 1. The van der Waals surface area contributed by atoms with Crippen LogP contribution < -0.4 is 11.1 Å². The molecule has 132 valence electrons. The van der Waals surface area contributed by atoms with E-state index in [0.717, 1.165) is 31.9 Å². The molecule has 22 heavy (non-hydrogen) atoms. The summed E-state index contributed by atoms with van der Waals surface area (Å²) in [5, 5.41) is 3.33. The number of guanidine groups is 1. The monoisotopic (exact) mass is 425 g/mol. The van der Waals surface area contributed by atoms with Crippen molar-refractivity contribution in [2.75, 3.05) is 20.3 Å². The third-order valence-electron chi connectivity index (χ3n) is 4.65. The second-order valence-electron chi connectivity index (χ2n) is 7.17. The number of rotatable bonds is 10. The Labute approximate surface area is 154 Å². The lowest BCUT2D eigenvalue weighted by atomic mass is 9.67. The van der Waals surface area contributed by atoms with E-state index in [-0.39, 0.29) is 24.0 Å². The summed E-state index contributed by atoms with van der Waals surface area (Å²) in [4.78, 5) is 4.58. The van der Waals surface area contributed by atoms with Gasteiger partial charge in [-0.05, 0) is 43.9 Å². The van der Waals surface area contributed by atoms with Gasteiger partial charge in [0.15, 0.2) is 5.96 Å². The summed E-state index contributed by atoms with van der Waals surface area (Å²) >= 11 is 0. The third kappa shape index (κ3) is 8.56. The highest BCUT2D eigenvalue weighted by molar-refractivity contribution is 14.0. The molecule has 1 atom stereocenters. The molecule has 0 aliphatic heterocycles. The SMILES string of the molecule is COCCC1(CN=C(N)NC(C)CCCC(C)C)CCC1.I. The van der Waals surface area contributed by atoms with Crippen LogP contribution in [0.25, 0.3) is 0 Å². The van der Waals surface area contributed by atoms with Crippen molar-refractivity contribution in [2.24, 2.45) is 22.1 Å². The maximum absolute atomic E-state index is 6.03. The van der Waals surface area contributed by atoms with E-state index in [4.69, 9.17) is 10.5 Å². The fraction of sp³-hybridized carbons (Fsp3) is 0.941. The predicted molar refractivity (Wildman–Crippen MR) is 106 cm³/mol. The summed E-state index contributed by atoms with van der Waals surface area (Å²) in [6, 6.07) is 0.406. The zero-order valence-electron chi connectivity index (χ0n) is 14.9. The van der Waals surface area contributed by atoms with Crippen LogP contribution in [0.5, 0.6) is 0 Å². The molecule has 1 aliphatic rings. The molecule has 0 radical (unpaired) electrons. The van der Waals surface area contributed by atoms with Gasteiger partial charge in [0.1, 0.15) is 0 Å². The molecule has 0 heterocycles. The molecule has 1 aliphatic carbocycles. The number of nitrogens with one attached hydrogen (secondary N) is 1. The van der Waals surface area contributed by atoms with Crippen LogP contribution in [0.2, 0.25) is 0 Å². The van der Waals surface area contributed by atoms with E-state index in [1.807, 2.05) is 0 Å². The number of aliphatic imine (C=N–C) groups is 1. The lowest BCUT2D eigenvalue weighted by Crippen LogP contribution is -2.40. The molecule has 1 saturated carbocycles. The van der Waals surface area contributed by atoms with Gasteiger partial charge in [0, 0.05) is 26.3 Å². The Morgan fingerprint density at radius 1 is 1.27 bits per heavy atom. The molecule has 5 heteroatoms. The van der Waals surface area contributed by atoms with E-state index in [1.54, 1.807) is 7.11 Å². The number of halogens is 1. The highest BCUT2D eigenvalue weighted by atomic mass is 127. The van der Waals surface area contributed by atoms with Crippen molar-refractivity contribution in [3.63, 3.8) is 0 Å². The van der Waals surface area contributed by atoms with Crippen LogP contribution in [0.3, 0.4) is 0 Å². The van der Waals surface area contributed by atoms with Crippen molar-refractivity contribution in [1.29, 1.82) is 0 Å². The summed E-state index contributed by atoms with van der Waals surface area (Å²) in [5.74, 6) is 1.39. The fourth-order valence-corrected chi connectivity index (χ4v) is 2.94. The highest BCUT2D eigenvalue weighted by Crippen LogP contribution is 2.44. The standard InChI is InChI=1S/C17H35N3O.HI/c1-14(2)7-5-8-15(3)20-16(18)19-13-17(9-6-10-17)11-12-21-4;/h14-15H,5-13H2,1-4H3,(H3,18,19,20);1H. The Balaban J connectivity index is 0.00000441. The van der Waals surface area contributed by atoms with E-state index in [0.29, 0.717) is 17.4 Å². The molecule has 0 bridgehead atoms. The molecule has 0 spiro atoms. The van der Waals surface area contributed by atoms with Crippen LogP contribution in [0, 0.1) is 11.3 Å². The predicted octanol–water partition coefficient (Wildman–Crippen LogP) is 3.93. The molecule has 0 aromatic carbocycles. The van der Waals surface area contributed by atoms with Crippen molar-refractivity contribution < 1.29 is 4.74 Å². The van der Waals surface area contributed by atoms with Gasteiger partial charge in [0.05, 0.1) is 0 Å². The molecule has 0 amide bonds. The van der Waals surface area contributed by atoms with Gasteiger partial charge in [0.25, 0.3) is 0 Å². The first-order valence-corrected chi connectivity index (χ1v) is 8.53. The second-order valence-corrected chi connectivity index (χ2v) is 7.17. The maximum Gasteiger partial charge on any atom is 0.188 e. The lowest BCUT2D eigenvalue weighted by Gasteiger charge is -2.40. The summed E-state index contributed by atoms with van der Waals surface area (Å²) in [5.41, 5.74) is 6.38. The molecule has 0 aromatic rings. The lowest BCUT2D eigenvalue weighted by molar-refractivity contribution is 0.0779. The van der Waals surface area contributed by atoms with Crippen LogP contribution in [0.4, 0.5) is 0 Å². The van der Waals surface area contributed by atoms with E-state index >= 15 is 0 Å². The van der Waals surface area contributed by atoms with Gasteiger partial charge in [-0.15, -0.1) is 24.0 Å². The zero-order valence-corrected chi connectivity index (χ0v) is 17.2. The summed E-state index contributed by atoms with van der Waals surface area (Å²) in [6.45, 7) is 8.40. The molecule has 0 aromatic heterocycles. The van der Waals surface area contributed by atoms with E-state index in [2.05, 4.69) is 31.1 Å². The first-order chi connectivity index (χ1) is 9.97.